The lowest BCUT2D eigenvalue weighted by molar-refractivity contribution is 0.102. The van der Waals surface area contributed by atoms with E-state index in [-0.39, 0.29) is 11.7 Å². The summed E-state index contributed by atoms with van der Waals surface area (Å²) in [6, 6.07) is 4.16. The highest BCUT2D eigenvalue weighted by molar-refractivity contribution is 14.1. The summed E-state index contributed by atoms with van der Waals surface area (Å²) in [6.45, 7) is 0. The van der Waals surface area contributed by atoms with Gasteiger partial charge in [0.1, 0.15) is 5.82 Å². The van der Waals surface area contributed by atoms with Crippen LogP contribution in [0.15, 0.2) is 18.2 Å². The third kappa shape index (κ3) is 3.42. The Bertz CT molecular complexity index is 663. The molecule has 3 nitrogen and oxygen atoms in total. The van der Waals surface area contributed by atoms with E-state index >= 15 is 0 Å². The van der Waals surface area contributed by atoms with Crippen LogP contribution in [0.2, 0.25) is 0 Å². The van der Waals surface area contributed by atoms with Crippen LogP contribution >= 0.6 is 33.9 Å². The number of fused-ring (bicyclic) bond motifs is 1. The smallest absolute Gasteiger partial charge is 0.258 e. The molecule has 0 unspecified atom stereocenters. The topological polar surface area (TPSA) is 42.0 Å². The van der Waals surface area contributed by atoms with Crippen molar-refractivity contribution in [1.82, 2.24) is 4.98 Å². The lowest BCUT2D eigenvalue weighted by Crippen LogP contribution is -2.13. The molecular weight excluding hydrogens is 402 g/mol. The third-order valence-corrected chi connectivity index (χ3v) is 5.46. The predicted octanol–water partition coefficient (Wildman–Crippen LogP) is 4.41. The van der Waals surface area contributed by atoms with Crippen molar-refractivity contribution < 1.29 is 9.18 Å². The van der Waals surface area contributed by atoms with Crippen molar-refractivity contribution in [2.45, 2.75) is 32.1 Å². The van der Waals surface area contributed by atoms with Gasteiger partial charge in [-0.15, -0.1) is 11.3 Å². The summed E-state index contributed by atoms with van der Waals surface area (Å²) in [6.07, 6.45) is 5.66. The van der Waals surface area contributed by atoms with E-state index in [0.29, 0.717) is 14.3 Å². The lowest BCUT2D eigenvalue weighted by Gasteiger charge is -2.04. The molecule has 1 N–H and O–H groups in total. The molecule has 1 aliphatic rings. The Morgan fingerprint density at radius 2 is 2.10 bits per heavy atom. The second-order valence-corrected chi connectivity index (χ2v) is 7.27. The number of rotatable bonds is 2. The van der Waals surface area contributed by atoms with Crippen molar-refractivity contribution in [3.8, 4) is 0 Å². The number of carbonyl (C=O) groups is 1. The van der Waals surface area contributed by atoms with E-state index in [0.717, 1.165) is 18.5 Å². The van der Waals surface area contributed by atoms with Gasteiger partial charge in [-0.05, 0) is 66.5 Å². The summed E-state index contributed by atoms with van der Waals surface area (Å²) in [5, 5.41) is 3.48. The van der Waals surface area contributed by atoms with Crippen LogP contribution in [0.5, 0.6) is 0 Å². The standard InChI is InChI=1S/C15H14FIN2OS/c16-9-6-7-10(11(17)8-9)14(20)19-15-18-12-4-2-1-3-5-13(12)21-15/h6-8H,1-5H2,(H,18,19,20). The molecule has 3 rings (SSSR count). The first-order valence-corrected chi connectivity index (χ1v) is 8.78. The minimum atomic E-state index is -0.336. The van der Waals surface area contributed by atoms with Gasteiger partial charge in [0.25, 0.3) is 5.91 Å². The Balaban J connectivity index is 1.78. The number of carbonyl (C=O) groups excluding carboxylic acids is 1. The second-order valence-electron chi connectivity index (χ2n) is 5.03. The number of amides is 1. The molecule has 1 aromatic heterocycles. The van der Waals surface area contributed by atoms with Gasteiger partial charge >= 0.3 is 0 Å². The minimum absolute atomic E-state index is 0.233. The molecule has 0 aliphatic heterocycles. The van der Waals surface area contributed by atoms with Crippen molar-refractivity contribution in [2.75, 3.05) is 5.32 Å². The van der Waals surface area contributed by atoms with Crippen molar-refractivity contribution in [1.29, 1.82) is 0 Å². The quantitative estimate of drug-likeness (QED) is 0.582. The summed E-state index contributed by atoms with van der Waals surface area (Å²) in [7, 11) is 0. The van der Waals surface area contributed by atoms with E-state index in [4.69, 9.17) is 0 Å². The average Bonchev–Trinajstić information content (AvgIpc) is 2.67. The van der Waals surface area contributed by atoms with Gasteiger partial charge in [-0.1, -0.05) is 6.42 Å². The van der Waals surface area contributed by atoms with Gasteiger partial charge in [-0.25, -0.2) is 9.37 Å². The first-order chi connectivity index (χ1) is 10.1. The average molecular weight is 416 g/mol. The maximum atomic E-state index is 13.1. The number of nitrogens with zero attached hydrogens (tertiary/aromatic N) is 1. The highest BCUT2D eigenvalue weighted by atomic mass is 127. The molecule has 0 saturated carbocycles. The zero-order valence-electron chi connectivity index (χ0n) is 11.3. The van der Waals surface area contributed by atoms with E-state index < -0.39 is 0 Å². The van der Waals surface area contributed by atoms with Crippen LogP contribution in [0.25, 0.3) is 0 Å². The molecule has 0 bridgehead atoms. The van der Waals surface area contributed by atoms with Crippen LogP contribution in [0.3, 0.4) is 0 Å². The van der Waals surface area contributed by atoms with Gasteiger partial charge in [0.15, 0.2) is 5.13 Å². The number of hydrogen-bond acceptors (Lipinski definition) is 3. The molecule has 110 valence electrons. The number of hydrogen-bond donors (Lipinski definition) is 1. The molecule has 1 aliphatic carbocycles. The van der Waals surface area contributed by atoms with E-state index in [1.807, 2.05) is 22.6 Å². The first-order valence-electron chi connectivity index (χ1n) is 6.88. The van der Waals surface area contributed by atoms with Gasteiger partial charge in [-0.2, -0.15) is 0 Å². The molecular formula is C15H14FIN2OS. The molecule has 1 aromatic carbocycles. The summed E-state index contributed by atoms with van der Waals surface area (Å²) in [5.74, 6) is -0.569. The fourth-order valence-corrected chi connectivity index (χ4v) is 4.19. The van der Waals surface area contributed by atoms with Crippen LogP contribution in [0, 0.1) is 9.39 Å². The molecule has 21 heavy (non-hydrogen) atoms. The fourth-order valence-electron chi connectivity index (χ4n) is 2.42. The monoisotopic (exact) mass is 416 g/mol. The number of aryl methyl sites for hydroxylation is 2. The molecule has 0 radical (unpaired) electrons. The van der Waals surface area contributed by atoms with Gasteiger partial charge in [0, 0.05) is 8.45 Å². The minimum Gasteiger partial charge on any atom is -0.298 e. The lowest BCUT2D eigenvalue weighted by atomic mass is 10.2. The number of nitrogens with one attached hydrogen (secondary N) is 1. The molecule has 0 spiro atoms. The molecule has 0 atom stereocenters. The van der Waals surface area contributed by atoms with E-state index in [2.05, 4.69) is 10.3 Å². The highest BCUT2D eigenvalue weighted by Gasteiger charge is 2.17. The highest BCUT2D eigenvalue weighted by Crippen LogP contribution is 2.29. The van der Waals surface area contributed by atoms with Crippen LogP contribution in [-0.4, -0.2) is 10.9 Å². The van der Waals surface area contributed by atoms with Gasteiger partial charge < -0.3 is 0 Å². The van der Waals surface area contributed by atoms with Crippen molar-refractivity contribution in [3.63, 3.8) is 0 Å². The maximum absolute atomic E-state index is 13.1. The second kappa shape index (κ2) is 6.39. The number of halogens is 2. The summed E-state index contributed by atoms with van der Waals surface area (Å²) in [5.41, 5.74) is 1.60. The Morgan fingerprint density at radius 3 is 2.90 bits per heavy atom. The summed E-state index contributed by atoms with van der Waals surface area (Å²) >= 11 is 3.53. The normalized spacial score (nSPS) is 14.4. The molecule has 6 heteroatoms. The zero-order chi connectivity index (χ0) is 14.8. The first kappa shape index (κ1) is 14.9. The zero-order valence-corrected chi connectivity index (χ0v) is 14.3. The van der Waals surface area contributed by atoms with Gasteiger partial charge in [0.05, 0.1) is 11.3 Å². The third-order valence-electron chi connectivity index (χ3n) is 3.49. The summed E-state index contributed by atoms with van der Waals surface area (Å²) < 4.78 is 13.7. The van der Waals surface area contributed by atoms with E-state index in [1.54, 1.807) is 11.3 Å². The molecule has 0 fully saturated rings. The van der Waals surface area contributed by atoms with Crippen LogP contribution < -0.4 is 5.32 Å². The SMILES string of the molecule is O=C(Nc1nc2c(s1)CCCCC2)c1ccc(F)cc1I. The van der Waals surface area contributed by atoms with Gasteiger partial charge in [0.2, 0.25) is 0 Å². The van der Waals surface area contributed by atoms with Crippen LogP contribution in [0.1, 0.15) is 40.2 Å². The fraction of sp³-hybridized carbons (Fsp3) is 0.333. The maximum Gasteiger partial charge on any atom is 0.258 e. The number of benzene rings is 1. The Labute approximate surface area is 140 Å². The number of aromatic nitrogens is 1. The molecule has 1 amide bonds. The van der Waals surface area contributed by atoms with Crippen LogP contribution in [0.4, 0.5) is 9.52 Å². The number of thiazole rings is 1. The Hall–Kier alpha value is -1.02. The van der Waals surface area contributed by atoms with E-state index in [9.17, 15) is 9.18 Å². The Morgan fingerprint density at radius 1 is 1.29 bits per heavy atom. The van der Waals surface area contributed by atoms with Crippen LogP contribution in [-0.2, 0) is 12.8 Å². The van der Waals surface area contributed by atoms with Gasteiger partial charge in [-0.3, -0.25) is 10.1 Å². The molecule has 1 heterocycles. The summed E-state index contributed by atoms with van der Waals surface area (Å²) in [4.78, 5) is 18.1. The van der Waals surface area contributed by atoms with Crippen molar-refractivity contribution >= 4 is 45.0 Å². The van der Waals surface area contributed by atoms with Crippen molar-refractivity contribution in [3.05, 3.63) is 43.7 Å². The predicted molar refractivity (Wildman–Crippen MR) is 90.4 cm³/mol. The Kier molecular flexibility index (Phi) is 4.54. The van der Waals surface area contributed by atoms with Crippen molar-refractivity contribution in [2.24, 2.45) is 0 Å². The molecule has 0 saturated heterocycles. The van der Waals surface area contributed by atoms with E-state index in [1.165, 1.54) is 42.3 Å². The molecule has 2 aromatic rings. The largest absolute Gasteiger partial charge is 0.298 e. The number of anilines is 1.